The number of fused-ring (bicyclic) bond motifs is 4. The van der Waals surface area contributed by atoms with Crippen LogP contribution in [0.3, 0.4) is 0 Å². The summed E-state index contributed by atoms with van der Waals surface area (Å²) in [5.41, 5.74) is 4.33. The number of aryl methyl sites for hydroxylation is 2. The van der Waals surface area contributed by atoms with Crippen LogP contribution in [0.2, 0.25) is 0 Å². The number of hydrogen-bond donors (Lipinski definition) is 1. The molecule has 4 aromatic rings. The highest BCUT2D eigenvalue weighted by Crippen LogP contribution is 2.42. The molecule has 11 nitrogen and oxygen atoms in total. The molecule has 0 unspecified atom stereocenters. The number of halogens is 2. The summed E-state index contributed by atoms with van der Waals surface area (Å²) in [5.74, 6) is 0.634. The van der Waals surface area contributed by atoms with Crippen LogP contribution in [0.5, 0.6) is 11.8 Å². The maximum absolute atomic E-state index is 15.2. The summed E-state index contributed by atoms with van der Waals surface area (Å²) in [5, 5.41) is 17.2. The Morgan fingerprint density at radius 3 is 2.74 bits per heavy atom. The predicted octanol–water partition coefficient (Wildman–Crippen LogP) is 5.79. The highest BCUT2D eigenvalue weighted by Gasteiger charge is 2.49. The van der Waals surface area contributed by atoms with Crippen molar-refractivity contribution in [3.8, 4) is 11.8 Å². The maximum Gasteiger partial charge on any atom is 0.318 e. The van der Waals surface area contributed by atoms with Crippen LogP contribution in [-0.4, -0.2) is 98.1 Å². The molecule has 9 rings (SSSR count). The Hall–Kier alpha value is -4.52. The molecule has 1 N–H and O–H groups in total. The molecule has 6 heterocycles. The molecule has 3 fully saturated rings. The van der Waals surface area contributed by atoms with Gasteiger partial charge in [0, 0.05) is 68.4 Å². The van der Waals surface area contributed by atoms with E-state index in [9.17, 15) is 14.3 Å². The first-order chi connectivity index (χ1) is 25.7. The van der Waals surface area contributed by atoms with Crippen molar-refractivity contribution in [2.24, 2.45) is 0 Å². The number of amides is 1. The largest absolute Gasteiger partial charge is 0.508 e. The van der Waals surface area contributed by atoms with Crippen molar-refractivity contribution < 1.29 is 23.4 Å². The average molecular weight is 727 g/mol. The standard InChI is InChI=1S/C40H48F2N8O3/c1-3-30-32(42)10-7-25-17-29(51)19-35(36(25)30)47-16-11-31-34(23-47)43-39(53-24-40-12-6-14-49(40)21-26(41)20-40)44-37(31)48-13-4-5-15-50-28(22-48)18-33(45-50)38(52)46(2)27-8-9-27/h7,10,17-19,26-27,51H,3-6,8-9,11-16,20-24H2,1-2H3/t26-,40+/m1/s1. The summed E-state index contributed by atoms with van der Waals surface area (Å²) in [4.78, 5) is 32.0. The number of alkyl halides is 1. The highest BCUT2D eigenvalue weighted by molar-refractivity contribution is 5.98. The van der Waals surface area contributed by atoms with E-state index < -0.39 is 6.17 Å². The summed E-state index contributed by atoms with van der Waals surface area (Å²) >= 11 is 0. The zero-order chi connectivity index (χ0) is 36.4. The Bertz CT molecular complexity index is 2070. The van der Waals surface area contributed by atoms with Gasteiger partial charge in [0.2, 0.25) is 0 Å². The number of carbonyl (C=O) groups excluding carboxylic acids is 1. The van der Waals surface area contributed by atoms with Gasteiger partial charge in [-0.1, -0.05) is 13.0 Å². The van der Waals surface area contributed by atoms with E-state index in [1.54, 1.807) is 18.2 Å². The molecule has 0 radical (unpaired) electrons. The molecule has 0 bridgehead atoms. The van der Waals surface area contributed by atoms with E-state index in [0.717, 1.165) is 97.4 Å². The second kappa shape index (κ2) is 13.4. The van der Waals surface area contributed by atoms with Crippen molar-refractivity contribution in [1.82, 2.24) is 29.5 Å². The van der Waals surface area contributed by atoms with Gasteiger partial charge in [-0.3, -0.25) is 14.4 Å². The van der Waals surface area contributed by atoms with E-state index in [1.165, 1.54) is 6.07 Å². The number of hydrogen-bond acceptors (Lipinski definition) is 9. The fraction of sp³-hybridized carbons (Fsp3) is 0.550. The number of aromatic nitrogens is 4. The van der Waals surface area contributed by atoms with Gasteiger partial charge in [-0.15, -0.1) is 0 Å². The lowest BCUT2D eigenvalue weighted by atomic mass is 9.95. The van der Waals surface area contributed by atoms with E-state index in [-0.39, 0.29) is 29.0 Å². The van der Waals surface area contributed by atoms with Gasteiger partial charge in [0.05, 0.1) is 30.0 Å². The summed E-state index contributed by atoms with van der Waals surface area (Å²) in [6.45, 7) is 6.66. The Balaban J connectivity index is 1.08. The highest BCUT2D eigenvalue weighted by atomic mass is 19.1. The van der Waals surface area contributed by atoms with Crippen molar-refractivity contribution in [2.75, 3.05) is 49.6 Å². The van der Waals surface area contributed by atoms with Crippen LogP contribution >= 0.6 is 0 Å². The van der Waals surface area contributed by atoms with E-state index in [4.69, 9.17) is 19.8 Å². The van der Waals surface area contributed by atoms with Gasteiger partial charge in [-0.25, -0.2) is 8.78 Å². The Labute approximate surface area is 308 Å². The van der Waals surface area contributed by atoms with Crippen LogP contribution in [0, 0.1) is 5.82 Å². The van der Waals surface area contributed by atoms with Gasteiger partial charge in [0.15, 0.2) is 5.69 Å². The minimum Gasteiger partial charge on any atom is -0.508 e. The minimum absolute atomic E-state index is 0.0400. The van der Waals surface area contributed by atoms with Gasteiger partial charge < -0.3 is 24.5 Å². The normalized spacial score (nSPS) is 23.1. The molecule has 2 saturated heterocycles. The first-order valence-corrected chi connectivity index (χ1v) is 19.4. The van der Waals surface area contributed by atoms with Crippen LogP contribution < -0.4 is 14.5 Å². The van der Waals surface area contributed by atoms with Crippen LogP contribution in [0.25, 0.3) is 10.8 Å². The zero-order valence-corrected chi connectivity index (χ0v) is 30.7. The molecule has 1 aliphatic carbocycles. The minimum atomic E-state index is -0.867. The summed E-state index contributed by atoms with van der Waals surface area (Å²) in [6, 6.07) is 9.12. The molecular weight excluding hydrogens is 678 g/mol. The molecule has 53 heavy (non-hydrogen) atoms. The lowest BCUT2D eigenvalue weighted by molar-refractivity contribution is 0.0778. The van der Waals surface area contributed by atoms with E-state index in [0.29, 0.717) is 69.3 Å². The van der Waals surface area contributed by atoms with Crippen molar-refractivity contribution in [1.29, 1.82) is 0 Å². The molecule has 2 aromatic carbocycles. The molecule has 1 saturated carbocycles. The van der Waals surface area contributed by atoms with Crippen LogP contribution in [0.1, 0.15) is 84.9 Å². The summed E-state index contributed by atoms with van der Waals surface area (Å²) in [6.07, 6.45) is 6.53. The first kappa shape index (κ1) is 34.3. The Morgan fingerprint density at radius 2 is 1.91 bits per heavy atom. The third-order valence-corrected chi connectivity index (χ3v) is 12.3. The third-order valence-electron chi connectivity index (χ3n) is 12.3. The summed E-state index contributed by atoms with van der Waals surface area (Å²) < 4.78 is 38.3. The predicted molar refractivity (Wildman–Crippen MR) is 198 cm³/mol. The van der Waals surface area contributed by atoms with Gasteiger partial charge in [-0.05, 0) is 87.1 Å². The fourth-order valence-corrected chi connectivity index (χ4v) is 9.35. The van der Waals surface area contributed by atoms with Gasteiger partial charge in [-0.2, -0.15) is 15.1 Å². The molecule has 280 valence electrons. The second-order valence-electron chi connectivity index (χ2n) is 15.8. The summed E-state index contributed by atoms with van der Waals surface area (Å²) in [7, 11) is 1.86. The maximum atomic E-state index is 15.2. The van der Waals surface area contributed by atoms with Gasteiger partial charge >= 0.3 is 6.01 Å². The van der Waals surface area contributed by atoms with Crippen LogP contribution in [0.15, 0.2) is 30.3 Å². The number of rotatable bonds is 8. The monoisotopic (exact) mass is 726 g/mol. The number of phenols is 1. The number of aromatic hydroxyl groups is 1. The topological polar surface area (TPSA) is 103 Å². The quantitative estimate of drug-likeness (QED) is 0.242. The van der Waals surface area contributed by atoms with Gasteiger partial charge in [0.1, 0.15) is 30.2 Å². The Kier molecular flexibility index (Phi) is 8.66. The third kappa shape index (κ3) is 6.24. The SMILES string of the molecule is CCc1c(F)ccc2cc(O)cc(N3CCc4c(nc(OC[C@@]56CCCN5C[C@H](F)C6)nc4N4CCCCn5nc(C(=O)N(C)C6CC6)cc5C4)C3)c12. The van der Waals surface area contributed by atoms with Crippen molar-refractivity contribution in [3.05, 3.63) is 64.4 Å². The fourth-order valence-electron chi connectivity index (χ4n) is 9.35. The number of anilines is 2. The average Bonchev–Trinajstić information content (AvgIpc) is 3.71. The van der Waals surface area contributed by atoms with Crippen LogP contribution in [0.4, 0.5) is 20.3 Å². The lowest BCUT2D eigenvalue weighted by Gasteiger charge is -2.35. The second-order valence-corrected chi connectivity index (χ2v) is 15.8. The first-order valence-electron chi connectivity index (χ1n) is 19.4. The van der Waals surface area contributed by atoms with E-state index >= 15 is 4.39 Å². The molecule has 0 spiro atoms. The molecular formula is C40H48F2N8O3. The van der Waals surface area contributed by atoms with Crippen molar-refractivity contribution in [2.45, 2.75) is 102 Å². The lowest BCUT2D eigenvalue weighted by Crippen LogP contribution is -2.43. The molecule has 4 aliphatic heterocycles. The molecule has 1 amide bonds. The molecule has 2 atom stereocenters. The Morgan fingerprint density at radius 1 is 1.06 bits per heavy atom. The molecule has 5 aliphatic rings. The van der Waals surface area contributed by atoms with Crippen LogP contribution in [-0.2, 0) is 32.5 Å². The number of nitrogens with zero attached hydrogens (tertiary/aromatic N) is 8. The van der Waals surface area contributed by atoms with E-state index in [1.807, 2.05) is 29.6 Å². The zero-order valence-electron chi connectivity index (χ0n) is 30.7. The molecule has 2 aromatic heterocycles. The van der Waals surface area contributed by atoms with Crippen molar-refractivity contribution in [3.63, 3.8) is 0 Å². The number of benzene rings is 2. The van der Waals surface area contributed by atoms with E-state index in [2.05, 4.69) is 14.7 Å². The number of phenolic OH excluding ortho intramolecular Hbond substituents is 1. The smallest absolute Gasteiger partial charge is 0.318 e. The van der Waals surface area contributed by atoms with Crippen molar-refractivity contribution >= 4 is 28.2 Å². The number of ether oxygens (including phenoxy) is 1. The van der Waals surface area contributed by atoms with Gasteiger partial charge in [0.25, 0.3) is 5.91 Å². The number of carbonyl (C=O) groups is 1. The molecule has 13 heteroatoms.